The Kier molecular flexibility index (Phi) is 10.3. The number of unbranched alkanes of at least 4 members (excludes halogenated alkanes) is 1. The molecule has 2 unspecified atom stereocenters. The Morgan fingerprint density at radius 1 is 1.23 bits per heavy atom. The Bertz CT molecular complexity index is 1730. The number of rotatable bonds is 14. The van der Waals surface area contributed by atoms with Gasteiger partial charge in [-0.05, 0) is 45.4 Å². The molecule has 0 spiro atoms. The van der Waals surface area contributed by atoms with Crippen LogP contribution < -0.4 is 16.0 Å². The highest BCUT2D eigenvalue weighted by atomic mass is 32.1. The van der Waals surface area contributed by atoms with Crippen LogP contribution >= 0.6 is 11.3 Å². The molecule has 4 aromatic rings. The number of carbonyl (C=O) groups excluding carboxylic acids is 1. The van der Waals surface area contributed by atoms with Gasteiger partial charge in [0.05, 0.1) is 51.3 Å². The molecule has 0 amide bonds. The van der Waals surface area contributed by atoms with E-state index in [0.717, 1.165) is 22.3 Å². The van der Waals surface area contributed by atoms with Crippen molar-refractivity contribution in [1.29, 1.82) is 0 Å². The van der Waals surface area contributed by atoms with Gasteiger partial charge in [-0.15, -0.1) is 4.80 Å². The fourth-order valence-corrected chi connectivity index (χ4v) is 5.82. The van der Waals surface area contributed by atoms with Crippen LogP contribution in [0, 0.1) is 12.7 Å². The highest BCUT2D eigenvalue weighted by Gasteiger charge is 2.30. The van der Waals surface area contributed by atoms with Gasteiger partial charge in [-0.3, -0.25) is 9.36 Å². The number of hydrogen-bond acceptors (Lipinski definition) is 11. The van der Waals surface area contributed by atoms with Crippen molar-refractivity contribution in [2.45, 2.75) is 64.8 Å². The molecule has 3 atom stereocenters. The molecule has 2 N–H and O–H groups in total. The van der Waals surface area contributed by atoms with Gasteiger partial charge < -0.3 is 24.4 Å². The third-order valence-electron chi connectivity index (χ3n) is 7.11. The Balaban J connectivity index is 1.96. The van der Waals surface area contributed by atoms with Gasteiger partial charge in [-0.25, -0.2) is 18.5 Å². The lowest BCUT2D eigenvalue weighted by Gasteiger charge is -2.27. The fourth-order valence-electron chi connectivity index (χ4n) is 4.60. The number of aliphatic hydroxyl groups excluding tert-OH is 1. The zero-order chi connectivity index (χ0) is 32.2. The Hall–Kier alpha value is -3.92. The Morgan fingerprint density at radius 2 is 1.93 bits per heavy atom. The molecule has 1 aromatic carbocycles. The summed E-state index contributed by atoms with van der Waals surface area (Å²) in [6.07, 6.45) is 3.22. The number of nitrogens with zero attached hydrogens (tertiary/aromatic N) is 5. The van der Waals surface area contributed by atoms with Crippen molar-refractivity contribution < 1.29 is 33.6 Å². The van der Waals surface area contributed by atoms with Gasteiger partial charge >= 0.3 is 11.7 Å². The molecule has 13 nitrogen and oxygen atoms in total. The van der Waals surface area contributed by atoms with E-state index in [9.17, 15) is 29.0 Å². The van der Waals surface area contributed by atoms with Gasteiger partial charge in [-0.2, -0.15) is 10.2 Å². The highest BCUT2D eigenvalue weighted by molar-refractivity contribution is 7.21. The summed E-state index contributed by atoms with van der Waals surface area (Å²) >= 11 is 1.08. The maximum atomic E-state index is 14.5. The van der Waals surface area contributed by atoms with E-state index >= 15 is 0 Å². The second-order valence-corrected chi connectivity index (χ2v) is 11.6. The molecule has 0 fully saturated rings. The first-order chi connectivity index (χ1) is 20.9. The summed E-state index contributed by atoms with van der Waals surface area (Å²) in [4.78, 5) is 42.6. The number of aliphatic hydroxyl groups is 2. The first-order valence-corrected chi connectivity index (χ1v) is 14.9. The number of thiophene rings is 1. The zero-order valence-corrected chi connectivity index (χ0v) is 26.0. The molecular weight excluding hydrogens is 597 g/mol. The fraction of sp³-hybridized carbons (Fsp3) is 0.483. The minimum atomic E-state index is -1.66. The summed E-state index contributed by atoms with van der Waals surface area (Å²) in [6, 6.07) is 2.51. The molecule has 44 heavy (non-hydrogen) atoms. The van der Waals surface area contributed by atoms with Crippen molar-refractivity contribution in [2.24, 2.45) is 0 Å². The van der Waals surface area contributed by atoms with Crippen LogP contribution in [0.15, 0.2) is 40.2 Å². The molecule has 4 rings (SSSR count). The number of ether oxygens (including phenoxy) is 3. The normalized spacial score (nSPS) is 14.4. The number of fused-ring (bicyclic) bond motifs is 1. The van der Waals surface area contributed by atoms with E-state index in [2.05, 4.69) is 10.2 Å². The largest absolute Gasteiger partial charge is 0.496 e. The zero-order valence-electron chi connectivity index (χ0n) is 25.2. The van der Waals surface area contributed by atoms with Crippen LogP contribution in [0.2, 0.25) is 0 Å². The Morgan fingerprint density at radius 3 is 2.57 bits per heavy atom. The summed E-state index contributed by atoms with van der Waals surface area (Å²) in [5.41, 5.74) is -2.50. The van der Waals surface area contributed by atoms with E-state index in [1.807, 2.05) is 6.92 Å². The maximum Gasteiger partial charge on any atom is 0.333 e. The molecule has 3 heterocycles. The van der Waals surface area contributed by atoms with Crippen LogP contribution in [0.3, 0.4) is 0 Å². The molecule has 0 aliphatic rings. The molecule has 15 heteroatoms. The first kappa shape index (κ1) is 33.0. The molecule has 0 saturated carbocycles. The molecule has 3 aromatic heterocycles. The van der Waals surface area contributed by atoms with Crippen molar-refractivity contribution in [3.05, 3.63) is 68.4 Å². The van der Waals surface area contributed by atoms with Gasteiger partial charge in [0.1, 0.15) is 39.1 Å². The van der Waals surface area contributed by atoms with Crippen LogP contribution in [0.25, 0.3) is 15.2 Å². The van der Waals surface area contributed by atoms with Crippen LogP contribution in [-0.2, 0) is 20.8 Å². The standard InChI is InChI=1S/C29H36FN5O8S/c1-6-7-12-42-27(38)18(3)34-24(37)23-17(2)25(35-31-10-11-32-35)44-26(23)33(28(34)39)14-22(43-16-29(4,40)15-36)20-13-19(30)8-9-21(20)41-5/h8-11,13,18,22,36,40H,6-7,12,14-16H2,1-5H3/t18?,22-,29?/m0/s1. The van der Waals surface area contributed by atoms with Crippen molar-refractivity contribution in [1.82, 2.24) is 24.1 Å². The van der Waals surface area contributed by atoms with E-state index in [1.165, 1.54) is 60.9 Å². The number of aromatic nitrogens is 5. The average Bonchev–Trinajstić information content (AvgIpc) is 3.65. The molecule has 0 radical (unpaired) electrons. The number of benzene rings is 1. The summed E-state index contributed by atoms with van der Waals surface area (Å²) < 4.78 is 33.4. The molecule has 0 saturated heterocycles. The van der Waals surface area contributed by atoms with Gasteiger partial charge in [0.15, 0.2) is 0 Å². The number of methoxy groups -OCH3 is 1. The SMILES string of the molecule is CCCCOC(=O)C(C)n1c(=O)c2c(C)c(-n3nccn3)sc2n(C[C@H](OCC(C)(O)CO)c2cc(F)ccc2OC)c1=O. The molecule has 0 bridgehead atoms. The predicted molar refractivity (Wildman–Crippen MR) is 160 cm³/mol. The molecular formula is C29H36FN5O8S. The van der Waals surface area contributed by atoms with E-state index in [4.69, 9.17) is 14.2 Å². The van der Waals surface area contributed by atoms with Crippen molar-refractivity contribution in [3.8, 4) is 10.8 Å². The topological polar surface area (TPSA) is 160 Å². The Labute approximate surface area is 256 Å². The lowest BCUT2D eigenvalue weighted by atomic mass is 10.1. The predicted octanol–water partition coefficient (Wildman–Crippen LogP) is 2.67. The highest BCUT2D eigenvalue weighted by Crippen LogP contribution is 2.34. The second kappa shape index (κ2) is 13.8. The maximum absolute atomic E-state index is 14.5. The van der Waals surface area contributed by atoms with Gasteiger partial charge in [-0.1, -0.05) is 24.7 Å². The van der Waals surface area contributed by atoms with Crippen LogP contribution in [0.4, 0.5) is 4.39 Å². The third-order valence-corrected chi connectivity index (χ3v) is 8.39. The van der Waals surface area contributed by atoms with E-state index < -0.39 is 54.0 Å². The third kappa shape index (κ3) is 6.75. The summed E-state index contributed by atoms with van der Waals surface area (Å²) in [5, 5.41) is 29.1. The number of halogens is 1. The lowest BCUT2D eigenvalue weighted by molar-refractivity contribution is -0.147. The van der Waals surface area contributed by atoms with Gasteiger partial charge in [0, 0.05) is 11.1 Å². The second-order valence-electron chi connectivity index (χ2n) is 10.6. The van der Waals surface area contributed by atoms with Crippen molar-refractivity contribution >= 4 is 27.5 Å². The monoisotopic (exact) mass is 633 g/mol. The minimum Gasteiger partial charge on any atom is -0.496 e. The van der Waals surface area contributed by atoms with Crippen molar-refractivity contribution in [3.63, 3.8) is 0 Å². The van der Waals surface area contributed by atoms with Crippen molar-refractivity contribution in [2.75, 3.05) is 26.9 Å². The number of aryl methyl sites for hydroxylation is 1. The average molecular weight is 634 g/mol. The van der Waals surface area contributed by atoms with Gasteiger partial charge in [0.25, 0.3) is 5.56 Å². The van der Waals surface area contributed by atoms with Crippen LogP contribution in [-0.4, -0.2) is 72.8 Å². The first-order valence-electron chi connectivity index (χ1n) is 14.0. The smallest absolute Gasteiger partial charge is 0.333 e. The van der Waals surface area contributed by atoms with Crippen LogP contribution in [0.1, 0.15) is 56.9 Å². The van der Waals surface area contributed by atoms with E-state index in [0.29, 0.717) is 17.0 Å². The molecule has 0 aliphatic carbocycles. The minimum absolute atomic E-state index is 0.136. The number of hydrogen-bond donors (Lipinski definition) is 2. The quantitative estimate of drug-likeness (QED) is 0.156. The summed E-state index contributed by atoms with van der Waals surface area (Å²) in [6.45, 7) is 5.21. The summed E-state index contributed by atoms with van der Waals surface area (Å²) in [5.74, 6) is -1.11. The number of esters is 1. The van der Waals surface area contributed by atoms with E-state index in [-0.39, 0.29) is 34.7 Å². The van der Waals surface area contributed by atoms with Gasteiger partial charge in [0.2, 0.25) is 0 Å². The molecule has 0 aliphatic heterocycles. The summed E-state index contributed by atoms with van der Waals surface area (Å²) in [7, 11) is 1.39. The molecule has 238 valence electrons. The number of carbonyl (C=O) groups is 1. The van der Waals surface area contributed by atoms with Crippen LogP contribution in [0.5, 0.6) is 5.75 Å². The van der Waals surface area contributed by atoms with E-state index in [1.54, 1.807) is 6.92 Å². The lowest BCUT2D eigenvalue weighted by Crippen LogP contribution is -2.44.